The minimum atomic E-state index is 0.290. The topological polar surface area (TPSA) is 32.7 Å². The molecule has 3 heteroatoms. The van der Waals surface area contributed by atoms with Crippen LogP contribution in [0.1, 0.15) is 45.1 Å². The number of benzene rings is 1. The van der Waals surface area contributed by atoms with Crippen molar-refractivity contribution in [1.29, 1.82) is 0 Å². The summed E-state index contributed by atoms with van der Waals surface area (Å²) in [6.45, 7) is 7.68. The van der Waals surface area contributed by atoms with Gasteiger partial charge >= 0.3 is 0 Å². The third kappa shape index (κ3) is 3.09. The molecule has 3 nitrogen and oxygen atoms in total. The Hall–Kier alpha value is -1.22. The average molecular weight is 277 g/mol. The van der Waals surface area contributed by atoms with E-state index in [0.717, 1.165) is 25.2 Å². The van der Waals surface area contributed by atoms with Crippen molar-refractivity contribution >= 4 is 0 Å². The Morgan fingerprint density at radius 2 is 1.85 bits per heavy atom. The second-order valence-electron chi connectivity index (χ2n) is 5.95. The van der Waals surface area contributed by atoms with Crippen LogP contribution in [0.2, 0.25) is 0 Å². The molecule has 20 heavy (non-hydrogen) atoms. The van der Waals surface area contributed by atoms with Crippen molar-refractivity contribution in [1.82, 2.24) is 4.90 Å². The molecule has 0 unspecified atom stereocenters. The molecule has 1 fully saturated rings. The zero-order valence-electron chi connectivity index (χ0n) is 13.0. The standard InChI is InChI=1S/C17H27NO2/c1-4-17(5-2)9-11-18(12-10-17)13-14-7-6-8-15(20-3)16(14)19/h6-8,19H,4-5,9-13H2,1-3H3. The molecule has 1 aromatic carbocycles. The molecule has 1 aliphatic rings. The number of methoxy groups -OCH3 is 1. The number of likely N-dealkylation sites (tertiary alicyclic amines) is 1. The molecule has 1 aliphatic heterocycles. The number of piperidine rings is 1. The van der Waals surface area contributed by atoms with Crippen LogP contribution in [0.5, 0.6) is 11.5 Å². The van der Waals surface area contributed by atoms with Crippen LogP contribution in [0.25, 0.3) is 0 Å². The molecule has 0 bridgehead atoms. The summed E-state index contributed by atoms with van der Waals surface area (Å²) in [5, 5.41) is 10.2. The second-order valence-corrected chi connectivity index (χ2v) is 5.95. The highest BCUT2D eigenvalue weighted by Gasteiger charge is 2.31. The molecular weight excluding hydrogens is 250 g/mol. The second kappa shape index (κ2) is 6.49. The molecule has 2 rings (SSSR count). The lowest BCUT2D eigenvalue weighted by Crippen LogP contribution is -2.39. The van der Waals surface area contributed by atoms with E-state index in [1.165, 1.54) is 25.7 Å². The Balaban J connectivity index is 1.99. The van der Waals surface area contributed by atoms with E-state index in [4.69, 9.17) is 4.74 Å². The number of nitrogens with zero attached hydrogens (tertiary/aromatic N) is 1. The summed E-state index contributed by atoms with van der Waals surface area (Å²) < 4.78 is 5.17. The molecule has 112 valence electrons. The van der Waals surface area contributed by atoms with Gasteiger partial charge in [0.25, 0.3) is 0 Å². The van der Waals surface area contributed by atoms with Gasteiger partial charge in [-0.3, -0.25) is 4.90 Å². The lowest BCUT2D eigenvalue weighted by Gasteiger charge is -2.41. The highest BCUT2D eigenvalue weighted by atomic mass is 16.5. The van der Waals surface area contributed by atoms with Crippen LogP contribution in [0.15, 0.2) is 18.2 Å². The summed E-state index contributed by atoms with van der Waals surface area (Å²) in [7, 11) is 1.59. The molecule has 1 saturated heterocycles. The van der Waals surface area contributed by atoms with Gasteiger partial charge in [-0.2, -0.15) is 0 Å². The first-order valence-corrected chi connectivity index (χ1v) is 7.71. The fourth-order valence-electron chi connectivity index (χ4n) is 3.24. The van der Waals surface area contributed by atoms with E-state index >= 15 is 0 Å². The number of ether oxygens (including phenoxy) is 1. The molecule has 0 aromatic heterocycles. The molecule has 0 spiro atoms. The molecule has 0 radical (unpaired) electrons. The van der Waals surface area contributed by atoms with E-state index in [0.29, 0.717) is 11.2 Å². The van der Waals surface area contributed by atoms with E-state index < -0.39 is 0 Å². The first-order valence-electron chi connectivity index (χ1n) is 7.71. The lowest BCUT2D eigenvalue weighted by molar-refractivity contribution is 0.0903. The van der Waals surface area contributed by atoms with Crippen molar-refractivity contribution in [2.24, 2.45) is 5.41 Å². The maximum Gasteiger partial charge on any atom is 0.162 e. The number of rotatable bonds is 5. The summed E-state index contributed by atoms with van der Waals surface area (Å²) in [5.41, 5.74) is 1.51. The highest BCUT2D eigenvalue weighted by molar-refractivity contribution is 5.45. The summed E-state index contributed by atoms with van der Waals surface area (Å²) in [4.78, 5) is 2.44. The van der Waals surface area contributed by atoms with Crippen LogP contribution >= 0.6 is 0 Å². The average Bonchev–Trinajstić information content (AvgIpc) is 2.50. The van der Waals surface area contributed by atoms with Gasteiger partial charge in [-0.1, -0.05) is 38.8 Å². The van der Waals surface area contributed by atoms with Crippen molar-refractivity contribution in [3.05, 3.63) is 23.8 Å². The van der Waals surface area contributed by atoms with E-state index in [1.54, 1.807) is 13.2 Å². The van der Waals surface area contributed by atoms with E-state index in [-0.39, 0.29) is 5.75 Å². The molecule has 1 heterocycles. The predicted molar refractivity (Wildman–Crippen MR) is 82.2 cm³/mol. The number of hydrogen-bond donors (Lipinski definition) is 1. The maximum atomic E-state index is 10.2. The number of aromatic hydroxyl groups is 1. The highest BCUT2D eigenvalue weighted by Crippen LogP contribution is 2.39. The van der Waals surface area contributed by atoms with Crippen LogP contribution in [0, 0.1) is 5.41 Å². The van der Waals surface area contributed by atoms with Gasteiger partial charge in [0.1, 0.15) is 0 Å². The van der Waals surface area contributed by atoms with Gasteiger partial charge in [0, 0.05) is 12.1 Å². The smallest absolute Gasteiger partial charge is 0.162 e. The quantitative estimate of drug-likeness (QED) is 0.888. The van der Waals surface area contributed by atoms with Crippen LogP contribution < -0.4 is 4.74 Å². The van der Waals surface area contributed by atoms with Crippen molar-refractivity contribution in [2.45, 2.75) is 46.1 Å². The Labute approximate surface area is 122 Å². The SMILES string of the molecule is CCC1(CC)CCN(Cc2cccc(OC)c2O)CC1. The number of para-hydroxylation sites is 1. The van der Waals surface area contributed by atoms with Crippen LogP contribution in [0.4, 0.5) is 0 Å². The third-order valence-corrected chi connectivity index (χ3v) is 5.11. The van der Waals surface area contributed by atoms with Gasteiger partial charge in [0.05, 0.1) is 7.11 Å². The predicted octanol–water partition coefficient (Wildman–Crippen LogP) is 3.80. The Morgan fingerprint density at radius 1 is 1.20 bits per heavy atom. The monoisotopic (exact) mass is 277 g/mol. The zero-order chi connectivity index (χ0) is 14.6. The van der Waals surface area contributed by atoms with Gasteiger partial charge < -0.3 is 9.84 Å². The fourth-order valence-corrected chi connectivity index (χ4v) is 3.24. The fraction of sp³-hybridized carbons (Fsp3) is 0.647. The number of phenols is 1. The number of phenolic OH excluding ortho intramolecular Hbond substituents is 1. The maximum absolute atomic E-state index is 10.2. The van der Waals surface area contributed by atoms with Gasteiger partial charge in [0.15, 0.2) is 11.5 Å². The van der Waals surface area contributed by atoms with Gasteiger partial charge in [-0.15, -0.1) is 0 Å². The molecule has 1 aromatic rings. The first kappa shape index (κ1) is 15.2. The summed E-state index contributed by atoms with van der Waals surface area (Å²) in [6, 6.07) is 5.73. The van der Waals surface area contributed by atoms with E-state index in [2.05, 4.69) is 18.7 Å². The van der Waals surface area contributed by atoms with E-state index in [9.17, 15) is 5.11 Å². The molecule has 0 aliphatic carbocycles. The van der Waals surface area contributed by atoms with Crippen LogP contribution in [-0.4, -0.2) is 30.2 Å². The Bertz CT molecular complexity index is 431. The van der Waals surface area contributed by atoms with Crippen molar-refractivity contribution in [2.75, 3.05) is 20.2 Å². The summed E-state index contributed by atoms with van der Waals surface area (Å²) in [5.74, 6) is 0.855. The molecule has 0 saturated carbocycles. The van der Waals surface area contributed by atoms with Gasteiger partial charge in [0.2, 0.25) is 0 Å². The van der Waals surface area contributed by atoms with Crippen molar-refractivity contribution in [3.63, 3.8) is 0 Å². The number of hydrogen-bond acceptors (Lipinski definition) is 3. The molecule has 0 amide bonds. The van der Waals surface area contributed by atoms with Crippen LogP contribution in [0.3, 0.4) is 0 Å². The minimum absolute atomic E-state index is 0.290. The largest absolute Gasteiger partial charge is 0.504 e. The summed E-state index contributed by atoms with van der Waals surface area (Å²) >= 11 is 0. The van der Waals surface area contributed by atoms with Crippen molar-refractivity contribution in [3.8, 4) is 11.5 Å². The normalized spacial score (nSPS) is 18.9. The molecule has 0 atom stereocenters. The van der Waals surface area contributed by atoms with Crippen LogP contribution in [-0.2, 0) is 6.54 Å². The minimum Gasteiger partial charge on any atom is -0.504 e. The first-order chi connectivity index (χ1) is 9.64. The lowest BCUT2D eigenvalue weighted by atomic mass is 9.74. The van der Waals surface area contributed by atoms with Gasteiger partial charge in [-0.25, -0.2) is 0 Å². The Kier molecular flexibility index (Phi) is 4.92. The molecule has 1 N–H and O–H groups in total. The third-order valence-electron chi connectivity index (χ3n) is 5.11. The zero-order valence-corrected chi connectivity index (χ0v) is 13.0. The van der Waals surface area contributed by atoms with Gasteiger partial charge in [-0.05, 0) is 37.4 Å². The Morgan fingerprint density at radius 3 is 2.40 bits per heavy atom. The molecular formula is C17H27NO2. The summed E-state index contributed by atoms with van der Waals surface area (Å²) in [6.07, 6.45) is 5.10. The van der Waals surface area contributed by atoms with Crippen molar-refractivity contribution < 1.29 is 9.84 Å². The van der Waals surface area contributed by atoms with E-state index in [1.807, 2.05) is 12.1 Å².